The molecule has 1 aromatic heterocycles. The number of nitrogens with one attached hydrogen (secondary N) is 1. The number of H-pyrrole nitrogens is 1. The van der Waals surface area contributed by atoms with Crippen LogP contribution in [0.15, 0.2) is 60.7 Å². The number of hydrogen-bond donors (Lipinski definition) is 2. The summed E-state index contributed by atoms with van der Waals surface area (Å²) in [5.74, 6) is 1.85. The molecule has 0 saturated carbocycles. The molecule has 0 atom stereocenters. The van der Waals surface area contributed by atoms with Gasteiger partial charge in [-0.05, 0) is 73.3 Å². The molecule has 6 heteroatoms. The van der Waals surface area contributed by atoms with E-state index < -0.39 is 0 Å². The molecule has 2 N–H and O–H groups in total. The predicted octanol–water partition coefficient (Wildman–Crippen LogP) is 6.28. The minimum atomic E-state index is 0.273. The van der Waals surface area contributed by atoms with Crippen LogP contribution < -0.4 is 9.47 Å². The van der Waals surface area contributed by atoms with Crippen molar-refractivity contribution in [1.82, 2.24) is 15.1 Å². The van der Waals surface area contributed by atoms with Crippen LogP contribution in [0, 0.1) is 0 Å². The number of benzene rings is 3. The van der Waals surface area contributed by atoms with Crippen molar-refractivity contribution in [3.8, 4) is 50.9 Å². The van der Waals surface area contributed by atoms with Gasteiger partial charge in [0, 0.05) is 29.7 Å². The first kappa shape index (κ1) is 23.6. The van der Waals surface area contributed by atoms with E-state index in [0.29, 0.717) is 6.61 Å². The maximum absolute atomic E-state index is 9.56. The third-order valence-electron chi connectivity index (χ3n) is 7.58. The summed E-state index contributed by atoms with van der Waals surface area (Å²) in [6.45, 7) is 4.20. The summed E-state index contributed by atoms with van der Waals surface area (Å²) in [6.07, 6.45) is 5.82. The SMILES string of the molecule is COc1cc2c(cc1OCCCN1CCCCC1)-c1[nH]nc(-c3ccc(-c4ccc(O)cc4)cc3)c1C2. The van der Waals surface area contributed by atoms with E-state index in [2.05, 4.69) is 51.5 Å². The highest BCUT2D eigenvalue weighted by molar-refractivity contribution is 5.83. The van der Waals surface area contributed by atoms with Crippen LogP contribution in [0.5, 0.6) is 17.2 Å². The molecule has 0 spiro atoms. The summed E-state index contributed by atoms with van der Waals surface area (Å²) < 4.78 is 11.9. The number of ether oxygens (including phenoxy) is 2. The van der Waals surface area contributed by atoms with Gasteiger partial charge in [0.2, 0.25) is 0 Å². The second-order valence-electron chi connectivity index (χ2n) is 9.99. The van der Waals surface area contributed by atoms with Gasteiger partial charge in [-0.2, -0.15) is 5.10 Å². The standard InChI is InChI=1S/C31H33N3O3/c1-36-28-19-24-18-27-30(23-8-6-21(7-9-23)22-10-12-25(35)13-11-22)32-33-31(27)26(24)20-29(28)37-17-5-16-34-14-3-2-4-15-34/h6-13,19-20,35H,2-5,14-18H2,1H3,(H,32,33). The van der Waals surface area contributed by atoms with Gasteiger partial charge in [0.1, 0.15) is 5.75 Å². The number of rotatable bonds is 8. The highest BCUT2D eigenvalue weighted by Crippen LogP contribution is 2.45. The molecule has 4 aromatic rings. The topological polar surface area (TPSA) is 70.6 Å². The Balaban J connectivity index is 1.18. The fourth-order valence-electron chi connectivity index (χ4n) is 5.57. The number of piperidine rings is 1. The number of aromatic amines is 1. The van der Waals surface area contributed by atoms with Crippen LogP contribution in [0.25, 0.3) is 33.6 Å². The third kappa shape index (κ3) is 4.81. The quantitative estimate of drug-likeness (QED) is 0.248. The van der Waals surface area contributed by atoms with Crippen LogP contribution in [0.2, 0.25) is 0 Å². The van der Waals surface area contributed by atoms with Crippen molar-refractivity contribution in [2.75, 3.05) is 33.4 Å². The highest BCUT2D eigenvalue weighted by atomic mass is 16.5. The summed E-state index contributed by atoms with van der Waals surface area (Å²) in [7, 11) is 1.71. The molecule has 3 aromatic carbocycles. The van der Waals surface area contributed by atoms with Crippen LogP contribution in [-0.2, 0) is 6.42 Å². The van der Waals surface area contributed by atoms with Gasteiger partial charge in [-0.1, -0.05) is 42.8 Å². The van der Waals surface area contributed by atoms with Crippen LogP contribution in [-0.4, -0.2) is 53.6 Å². The van der Waals surface area contributed by atoms with Crippen molar-refractivity contribution in [3.63, 3.8) is 0 Å². The van der Waals surface area contributed by atoms with Crippen molar-refractivity contribution < 1.29 is 14.6 Å². The summed E-state index contributed by atoms with van der Waals surface area (Å²) in [5.41, 5.74) is 8.86. The van der Waals surface area contributed by atoms with E-state index in [1.807, 2.05) is 12.1 Å². The minimum absolute atomic E-state index is 0.273. The lowest BCUT2D eigenvalue weighted by atomic mass is 10.0. The Morgan fingerprint density at radius 2 is 1.59 bits per heavy atom. The Labute approximate surface area is 217 Å². The minimum Gasteiger partial charge on any atom is -0.508 e. The molecule has 37 heavy (non-hydrogen) atoms. The molecule has 1 saturated heterocycles. The second kappa shape index (κ2) is 10.3. The van der Waals surface area contributed by atoms with E-state index in [1.165, 1.54) is 43.5 Å². The molecular formula is C31H33N3O3. The Kier molecular flexibility index (Phi) is 6.58. The Morgan fingerprint density at radius 1 is 0.892 bits per heavy atom. The van der Waals surface area contributed by atoms with Gasteiger partial charge in [-0.25, -0.2) is 0 Å². The molecule has 0 unspecified atom stereocenters. The number of phenols is 1. The highest BCUT2D eigenvalue weighted by Gasteiger charge is 2.27. The second-order valence-corrected chi connectivity index (χ2v) is 9.99. The molecule has 190 valence electrons. The average Bonchev–Trinajstić information content (AvgIpc) is 3.51. The van der Waals surface area contributed by atoms with Gasteiger partial charge in [-0.15, -0.1) is 0 Å². The first-order valence-electron chi connectivity index (χ1n) is 13.2. The zero-order valence-electron chi connectivity index (χ0n) is 21.3. The number of hydrogen-bond acceptors (Lipinski definition) is 5. The van der Waals surface area contributed by atoms with E-state index >= 15 is 0 Å². The monoisotopic (exact) mass is 495 g/mol. The number of aromatic nitrogens is 2. The summed E-state index contributed by atoms with van der Waals surface area (Å²) in [5, 5.41) is 17.5. The molecule has 6 nitrogen and oxygen atoms in total. The number of nitrogens with zero attached hydrogens (tertiary/aromatic N) is 2. The van der Waals surface area contributed by atoms with E-state index in [-0.39, 0.29) is 5.75 Å². The van der Waals surface area contributed by atoms with Crippen LogP contribution in [0.3, 0.4) is 0 Å². The number of aromatic hydroxyl groups is 1. The van der Waals surface area contributed by atoms with Crippen molar-refractivity contribution in [2.45, 2.75) is 32.1 Å². The van der Waals surface area contributed by atoms with Crippen LogP contribution >= 0.6 is 0 Å². The van der Waals surface area contributed by atoms with Crippen LogP contribution in [0.4, 0.5) is 0 Å². The summed E-state index contributed by atoms with van der Waals surface area (Å²) in [6, 6.07) is 19.9. The van der Waals surface area contributed by atoms with Crippen molar-refractivity contribution in [2.24, 2.45) is 0 Å². The molecule has 6 rings (SSSR count). The normalized spacial score (nSPS) is 14.8. The first-order chi connectivity index (χ1) is 18.2. The molecule has 0 bridgehead atoms. The number of methoxy groups -OCH3 is 1. The zero-order chi connectivity index (χ0) is 25.2. The largest absolute Gasteiger partial charge is 0.508 e. The summed E-state index contributed by atoms with van der Waals surface area (Å²) in [4.78, 5) is 2.54. The van der Waals surface area contributed by atoms with E-state index in [0.717, 1.165) is 64.5 Å². The van der Waals surface area contributed by atoms with Gasteiger partial charge in [-0.3, -0.25) is 5.10 Å². The zero-order valence-corrected chi connectivity index (χ0v) is 21.3. The predicted molar refractivity (Wildman–Crippen MR) is 146 cm³/mol. The lowest BCUT2D eigenvalue weighted by Crippen LogP contribution is -2.31. The lowest BCUT2D eigenvalue weighted by Gasteiger charge is -2.26. The molecule has 1 aliphatic heterocycles. The molecule has 2 aliphatic rings. The molecule has 2 heterocycles. The Bertz CT molecular complexity index is 1370. The van der Waals surface area contributed by atoms with E-state index in [4.69, 9.17) is 9.47 Å². The number of likely N-dealkylation sites (tertiary alicyclic amines) is 1. The third-order valence-corrected chi connectivity index (χ3v) is 7.58. The molecule has 0 radical (unpaired) electrons. The molecule has 1 aliphatic carbocycles. The summed E-state index contributed by atoms with van der Waals surface area (Å²) >= 11 is 0. The van der Waals surface area contributed by atoms with Gasteiger partial charge < -0.3 is 19.5 Å². The smallest absolute Gasteiger partial charge is 0.161 e. The number of fused-ring (bicyclic) bond motifs is 3. The van der Waals surface area contributed by atoms with Crippen molar-refractivity contribution in [3.05, 3.63) is 71.8 Å². The van der Waals surface area contributed by atoms with Crippen molar-refractivity contribution in [1.29, 1.82) is 0 Å². The fraction of sp³-hybridized carbons (Fsp3) is 0.323. The van der Waals surface area contributed by atoms with E-state index in [1.54, 1.807) is 19.2 Å². The Morgan fingerprint density at radius 3 is 2.32 bits per heavy atom. The maximum atomic E-state index is 9.56. The fourth-order valence-corrected chi connectivity index (χ4v) is 5.57. The lowest BCUT2D eigenvalue weighted by molar-refractivity contribution is 0.203. The first-order valence-corrected chi connectivity index (χ1v) is 13.2. The van der Waals surface area contributed by atoms with Gasteiger partial charge in [0.05, 0.1) is 25.1 Å². The number of phenolic OH excluding ortho intramolecular Hbond substituents is 1. The Hall–Kier alpha value is -3.77. The molecule has 1 fully saturated rings. The average molecular weight is 496 g/mol. The van der Waals surface area contributed by atoms with Crippen molar-refractivity contribution >= 4 is 0 Å². The van der Waals surface area contributed by atoms with Gasteiger partial charge >= 0.3 is 0 Å². The maximum Gasteiger partial charge on any atom is 0.161 e. The molecule has 0 amide bonds. The van der Waals surface area contributed by atoms with Gasteiger partial charge in [0.15, 0.2) is 11.5 Å². The van der Waals surface area contributed by atoms with Crippen LogP contribution in [0.1, 0.15) is 36.8 Å². The van der Waals surface area contributed by atoms with Gasteiger partial charge in [0.25, 0.3) is 0 Å². The molecular weight excluding hydrogens is 462 g/mol. The van der Waals surface area contributed by atoms with E-state index in [9.17, 15) is 5.11 Å².